The van der Waals surface area contributed by atoms with Crippen molar-refractivity contribution in [3.8, 4) is 0 Å². The van der Waals surface area contributed by atoms with Gasteiger partial charge < -0.3 is 5.32 Å². The molecule has 1 N–H and O–H groups in total. The number of benzene rings is 2. The van der Waals surface area contributed by atoms with E-state index in [1.165, 1.54) is 16.5 Å². The van der Waals surface area contributed by atoms with Crippen LogP contribution in [-0.4, -0.2) is 4.98 Å². The van der Waals surface area contributed by atoms with Crippen LogP contribution in [0.5, 0.6) is 0 Å². The van der Waals surface area contributed by atoms with Gasteiger partial charge in [-0.15, -0.1) is 12.4 Å². The van der Waals surface area contributed by atoms with Crippen LogP contribution in [-0.2, 0) is 6.54 Å². The molecule has 0 saturated heterocycles. The van der Waals surface area contributed by atoms with Gasteiger partial charge in [-0.1, -0.05) is 42.0 Å². The zero-order valence-corrected chi connectivity index (χ0v) is 13.1. The Morgan fingerprint density at radius 1 is 0.952 bits per heavy atom. The fourth-order valence-corrected chi connectivity index (χ4v) is 2.41. The summed E-state index contributed by atoms with van der Waals surface area (Å²) in [7, 11) is 0. The van der Waals surface area contributed by atoms with Crippen molar-refractivity contribution >= 4 is 29.0 Å². The van der Waals surface area contributed by atoms with E-state index < -0.39 is 0 Å². The van der Waals surface area contributed by atoms with Crippen LogP contribution in [0.15, 0.2) is 54.6 Å². The van der Waals surface area contributed by atoms with Gasteiger partial charge in [0.2, 0.25) is 0 Å². The molecule has 0 unspecified atom stereocenters. The molecule has 0 spiro atoms. The number of hydrogen-bond acceptors (Lipinski definition) is 2. The van der Waals surface area contributed by atoms with Crippen LogP contribution in [0.4, 0.5) is 5.69 Å². The predicted molar refractivity (Wildman–Crippen MR) is 92.2 cm³/mol. The lowest BCUT2D eigenvalue weighted by Gasteiger charge is -2.11. The van der Waals surface area contributed by atoms with Crippen molar-refractivity contribution in [3.05, 3.63) is 71.4 Å². The average Bonchev–Trinajstić information content (AvgIpc) is 2.46. The largest absolute Gasteiger partial charge is 0.380 e. The molecule has 0 radical (unpaired) electrons. The SMILES string of the molecule is Cc1ccc2nc(C)cc(NCc3ccccc3)c2c1.Cl. The highest BCUT2D eigenvalue weighted by molar-refractivity contribution is 5.91. The third kappa shape index (κ3) is 3.53. The Hall–Kier alpha value is -2.06. The summed E-state index contributed by atoms with van der Waals surface area (Å²) in [5.41, 5.74) is 5.77. The van der Waals surface area contributed by atoms with Gasteiger partial charge in [-0.3, -0.25) is 4.98 Å². The highest BCUT2D eigenvalue weighted by Gasteiger charge is 2.04. The van der Waals surface area contributed by atoms with Gasteiger partial charge in [-0.25, -0.2) is 0 Å². The number of rotatable bonds is 3. The number of halogens is 1. The third-order valence-corrected chi connectivity index (χ3v) is 3.42. The first-order valence-corrected chi connectivity index (χ1v) is 6.88. The smallest absolute Gasteiger partial charge is 0.0726 e. The first-order valence-electron chi connectivity index (χ1n) is 6.88. The molecular weight excluding hydrogens is 280 g/mol. The fourth-order valence-electron chi connectivity index (χ4n) is 2.41. The maximum atomic E-state index is 4.59. The summed E-state index contributed by atoms with van der Waals surface area (Å²) >= 11 is 0. The summed E-state index contributed by atoms with van der Waals surface area (Å²) in [6.07, 6.45) is 0. The number of nitrogens with zero attached hydrogens (tertiary/aromatic N) is 1. The molecule has 0 amide bonds. The number of hydrogen-bond donors (Lipinski definition) is 1. The highest BCUT2D eigenvalue weighted by atomic mass is 35.5. The molecule has 0 bridgehead atoms. The maximum Gasteiger partial charge on any atom is 0.0726 e. The highest BCUT2D eigenvalue weighted by Crippen LogP contribution is 2.24. The lowest BCUT2D eigenvalue weighted by Crippen LogP contribution is -2.01. The number of nitrogens with one attached hydrogen (secondary N) is 1. The summed E-state index contributed by atoms with van der Waals surface area (Å²) in [4.78, 5) is 4.59. The second kappa shape index (κ2) is 6.59. The summed E-state index contributed by atoms with van der Waals surface area (Å²) in [5.74, 6) is 0. The quantitative estimate of drug-likeness (QED) is 0.745. The lowest BCUT2D eigenvalue weighted by molar-refractivity contribution is 1.14. The van der Waals surface area contributed by atoms with Crippen molar-refractivity contribution in [2.45, 2.75) is 20.4 Å². The second-order valence-electron chi connectivity index (χ2n) is 5.17. The standard InChI is InChI=1S/C18H18N2.ClH/c1-13-8-9-17-16(10-13)18(11-14(2)20-17)19-12-15-6-4-3-5-7-15;/h3-11H,12H2,1-2H3,(H,19,20);1H. The number of aryl methyl sites for hydroxylation is 2. The molecule has 0 aliphatic rings. The minimum Gasteiger partial charge on any atom is -0.380 e. The Morgan fingerprint density at radius 3 is 2.48 bits per heavy atom. The van der Waals surface area contributed by atoms with E-state index in [0.717, 1.165) is 23.4 Å². The molecular formula is C18H19ClN2. The molecule has 3 rings (SSSR count). The summed E-state index contributed by atoms with van der Waals surface area (Å²) in [5, 5.41) is 4.72. The van der Waals surface area contributed by atoms with E-state index in [-0.39, 0.29) is 12.4 Å². The van der Waals surface area contributed by atoms with Gasteiger partial charge >= 0.3 is 0 Å². The van der Waals surface area contributed by atoms with E-state index in [9.17, 15) is 0 Å². The van der Waals surface area contributed by atoms with E-state index >= 15 is 0 Å². The summed E-state index contributed by atoms with van der Waals surface area (Å²) in [6.45, 7) is 4.97. The van der Waals surface area contributed by atoms with Gasteiger partial charge in [0.1, 0.15) is 0 Å². The number of pyridine rings is 1. The summed E-state index contributed by atoms with van der Waals surface area (Å²) in [6, 6.07) is 18.9. The van der Waals surface area contributed by atoms with Gasteiger partial charge in [-0.2, -0.15) is 0 Å². The Morgan fingerprint density at radius 2 is 1.71 bits per heavy atom. The predicted octanol–water partition coefficient (Wildman–Crippen LogP) is 4.89. The van der Waals surface area contributed by atoms with Gasteiger partial charge in [-0.05, 0) is 37.6 Å². The molecule has 0 atom stereocenters. The van der Waals surface area contributed by atoms with E-state index in [1.54, 1.807) is 0 Å². The van der Waals surface area contributed by atoms with Crippen LogP contribution < -0.4 is 5.32 Å². The molecule has 2 nitrogen and oxygen atoms in total. The summed E-state index contributed by atoms with van der Waals surface area (Å²) < 4.78 is 0. The molecule has 2 aromatic carbocycles. The topological polar surface area (TPSA) is 24.9 Å². The Balaban J connectivity index is 0.00000161. The van der Waals surface area contributed by atoms with Crippen LogP contribution in [0.2, 0.25) is 0 Å². The Bertz CT molecular complexity index is 739. The van der Waals surface area contributed by atoms with Crippen LogP contribution >= 0.6 is 12.4 Å². The molecule has 108 valence electrons. The zero-order valence-electron chi connectivity index (χ0n) is 12.3. The molecule has 3 aromatic rings. The van der Waals surface area contributed by atoms with Crippen LogP contribution in [0, 0.1) is 13.8 Å². The molecule has 0 aliphatic heterocycles. The van der Waals surface area contributed by atoms with Crippen LogP contribution in [0.3, 0.4) is 0 Å². The Kier molecular flexibility index (Phi) is 4.81. The van der Waals surface area contributed by atoms with Crippen molar-refractivity contribution in [1.82, 2.24) is 4.98 Å². The van der Waals surface area contributed by atoms with Crippen molar-refractivity contribution in [3.63, 3.8) is 0 Å². The van der Waals surface area contributed by atoms with Crippen molar-refractivity contribution in [2.75, 3.05) is 5.32 Å². The molecule has 1 heterocycles. The minimum absolute atomic E-state index is 0. The van der Waals surface area contributed by atoms with Crippen molar-refractivity contribution in [2.24, 2.45) is 0 Å². The molecule has 0 aliphatic carbocycles. The molecule has 21 heavy (non-hydrogen) atoms. The Labute approximate surface area is 131 Å². The van der Waals surface area contributed by atoms with Crippen molar-refractivity contribution < 1.29 is 0 Å². The number of anilines is 1. The van der Waals surface area contributed by atoms with Crippen LogP contribution in [0.1, 0.15) is 16.8 Å². The van der Waals surface area contributed by atoms with Crippen molar-refractivity contribution in [1.29, 1.82) is 0 Å². The first kappa shape index (κ1) is 15.3. The molecule has 0 fully saturated rings. The normalized spacial score (nSPS) is 10.2. The van der Waals surface area contributed by atoms with E-state index in [4.69, 9.17) is 0 Å². The number of aromatic nitrogens is 1. The molecule has 3 heteroatoms. The molecule has 1 aromatic heterocycles. The average molecular weight is 299 g/mol. The third-order valence-electron chi connectivity index (χ3n) is 3.42. The van der Waals surface area contributed by atoms with Gasteiger partial charge in [0.05, 0.1) is 5.52 Å². The second-order valence-corrected chi connectivity index (χ2v) is 5.17. The fraction of sp³-hybridized carbons (Fsp3) is 0.167. The van der Waals surface area contributed by atoms with E-state index in [0.29, 0.717) is 0 Å². The first-order chi connectivity index (χ1) is 9.72. The minimum atomic E-state index is 0. The lowest BCUT2D eigenvalue weighted by atomic mass is 10.1. The maximum absolute atomic E-state index is 4.59. The van der Waals surface area contributed by atoms with Crippen LogP contribution in [0.25, 0.3) is 10.9 Å². The monoisotopic (exact) mass is 298 g/mol. The van der Waals surface area contributed by atoms with Gasteiger partial charge in [0.25, 0.3) is 0 Å². The zero-order chi connectivity index (χ0) is 13.9. The van der Waals surface area contributed by atoms with Gasteiger partial charge in [0, 0.05) is 23.3 Å². The number of fused-ring (bicyclic) bond motifs is 1. The van der Waals surface area contributed by atoms with E-state index in [1.807, 2.05) is 13.0 Å². The molecule has 0 saturated carbocycles. The van der Waals surface area contributed by atoms with Gasteiger partial charge in [0.15, 0.2) is 0 Å². The van der Waals surface area contributed by atoms with E-state index in [2.05, 4.69) is 65.8 Å².